The van der Waals surface area contributed by atoms with Crippen molar-refractivity contribution >= 4 is 41.0 Å². The van der Waals surface area contributed by atoms with Crippen molar-refractivity contribution in [3.05, 3.63) is 28.0 Å². The Balaban J connectivity index is 1.90. The van der Waals surface area contributed by atoms with Crippen molar-refractivity contribution in [2.75, 3.05) is 6.61 Å². The molecule has 0 spiro atoms. The van der Waals surface area contributed by atoms with Gasteiger partial charge in [-0.25, -0.2) is 9.78 Å². The van der Waals surface area contributed by atoms with Gasteiger partial charge in [-0.2, -0.15) is 0 Å². The fourth-order valence-electron chi connectivity index (χ4n) is 2.74. The molecule has 130 valence electrons. The van der Waals surface area contributed by atoms with Crippen LogP contribution < -0.4 is 0 Å². The fraction of sp³-hybridized carbons (Fsp3) is 0.529. The topological polar surface area (TPSA) is 64.4 Å². The van der Waals surface area contributed by atoms with Crippen LogP contribution in [0.25, 0.3) is 11.0 Å². The van der Waals surface area contributed by atoms with E-state index in [1.807, 2.05) is 6.07 Å². The van der Waals surface area contributed by atoms with E-state index < -0.39 is 14.0 Å². The summed E-state index contributed by atoms with van der Waals surface area (Å²) in [6.07, 6.45) is 2.35. The van der Waals surface area contributed by atoms with Gasteiger partial charge in [0.1, 0.15) is 12.4 Å². The van der Waals surface area contributed by atoms with E-state index in [1.54, 1.807) is 6.07 Å². The zero-order chi connectivity index (χ0) is 17.5. The first-order chi connectivity index (χ1) is 11.3. The number of ether oxygens (including phenoxy) is 1. The summed E-state index contributed by atoms with van der Waals surface area (Å²) in [6, 6.07) is 4.72. The molecule has 1 aliphatic carbocycles. The van der Waals surface area contributed by atoms with E-state index in [4.69, 9.17) is 4.74 Å². The predicted molar refractivity (Wildman–Crippen MR) is 100 cm³/mol. The van der Waals surface area contributed by atoms with Crippen molar-refractivity contribution in [1.82, 2.24) is 9.55 Å². The van der Waals surface area contributed by atoms with Crippen LogP contribution in [-0.2, 0) is 11.5 Å². The smallest absolute Gasteiger partial charge is 0.354 e. The Bertz CT molecular complexity index is 778. The van der Waals surface area contributed by atoms with Gasteiger partial charge in [0, 0.05) is 24.8 Å². The Morgan fingerprint density at radius 1 is 1.42 bits per heavy atom. The van der Waals surface area contributed by atoms with E-state index in [0.717, 1.165) is 28.2 Å². The first kappa shape index (κ1) is 17.6. The molecule has 5 nitrogen and oxygen atoms in total. The van der Waals surface area contributed by atoms with E-state index in [0.29, 0.717) is 12.6 Å². The normalized spacial score (nSPS) is 15.2. The summed E-state index contributed by atoms with van der Waals surface area (Å²) < 4.78 is 8.85. The summed E-state index contributed by atoms with van der Waals surface area (Å²) in [7, 11) is -1.11. The molecule has 1 saturated carbocycles. The largest absolute Gasteiger partial charge is 0.477 e. The second-order valence-electron chi connectivity index (χ2n) is 7.65. The molecule has 1 aliphatic rings. The van der Waals surface area contributed by atoms with Crippen molar-refractivity contribution in [3.8, 4) is 0 Å². The molecule has 1 fully saturated rings. The molecule has 0 aromatic carbocycles. The van der Waals surface area contributed by atoms with Gasteiger partial charge in [-0.05, 0) is 52.9 Å². The van der Waals surface area contributed by atoms with Gasteiger partial charge >= 0.3 is 5.97 Å². The lowest BCUT2D eigenvalue weighted by Gasteiger charge is -2.17. The van der Waals surface area contributed by atoms with Gasteiger partial charge in [-0.1, -0.05) is 19.6 Å². The predicted octanol–water partition coefficient (Wildman–Crippen LogP) is 4.69. The molecule has 2 heterocycles. The van der Waals surface area contributed by atoms with Gasteiger partial charge in [-0.15, -0.1) is 0 Å². The second kappa shape index (κ2) is 6.61. The number of carboxylic acids is 1. The van der Waals surface area contributed by atoms with Gasteiger partial charge < -0.3 is 14.4 Å². The van der Waals surface area contributed by atoms with Crippen LogP contribution in [0.2, 0.25) is 25.7 Å². The quantitative estimate of drug-likeness (QED) is 0.531. The van der Waals surface area contributed by atoms with Crippen LogP contribution in [0.1, 0.15) is 34.9 Å². The zero-order valence-electron chi connectivity index (χ0n) is 14.3. The number of halogens is 1. The summed E-state index contributed by atoms with van der Waals surface area (Å²) in [4.78, 5) is 15.5. The van der Waals surface area contributed by atoms with E-state index in [9.17, 15) is 9.90 Å². The lowest BCUT2D eigenvalue weighted by molar-refractivity contribution is 0.0691. The number of nitrogens with zero attached hydrogens (tertiary/aromatic N) is 2. The molecule has 1 N–H and O–H groups in total. The third-order valence-corrected chi connectivity index (χ3v) is 6.58. The van der Waals surface area contributed by atoms with Crippen LogP contribution in [0, 0.1) is 0 Å². The molecule has 0 amide bonds. The summed E-state index contributed by atoms with van der Waals surface area (Å²) in [5.74, 6) is -0.468. The van der Waals surface area contributed by atoms with Crippen LogP contribution in [0.15, 0.2) is 16.6 Å². The highest BCUT2D eigenvalue weighted by Gasteiger charge is 2.29. The summed E-state index contributed by atoms with van der Waals surface area (Å²) in [6.45, 7) is 8.27. The van der Waals surface area contributed by atoms with Crippen molar-refractivity contribution in [2.24, 2.45) is 0 Å². The molecule has 0 radical (unpaired) electrons. The van der Waals surface area contributed by atoms with E-state index in [2.05, 4.69) is 45.1 Å². The molecular weight excluding hydrogens is 388 g/mol. The van der Waals surface area contributed by atoms with E-state index in [1.165, 1.54) is 18.5 Å². The van der Waals surface area contributed by atoms with Gasteiger partial charge in [0.15, 0.2) is 0 Å². The average molecular weight is 411 g/mol. The maximum Gasteiger partial charge on any atom is 0.354 e. The number of hydrogen-bond acceptors (Lipinski definition) is 3. The lowest BCUT2D eigenvalue weighted by Crippen LogP contribution is -2.22. The third-order valence-electron chi connectivity index (χ3n) is 4.27. The van der Waals surface area contributed by atoms with Crippen molar-refractivity contribution in [3.63, 3.8) is 0 Å². The molecule has 0 saturated heterocycles. The molecule has 3 rings (SSSR count). The number of aromatic carboxylic acids is 1. The summed E-state index contributed by atoms with van der Waals surface area (Å²) in [5.41, 5.74) is 2.91. The monoisotopic (exact) mass is 410 g/mol. The molecular formula is C17H23BrN2O3Si. The first-order valence-corrected chi connectivity index (χ1v) is 12.8. The molecule has 0 bridgehead atoms. The van der Waals surface area contributed by atoms with Crippen LogP contribution in [0.3, 0.4) is 0 Å². The molecule has 2 aromatic rings. The van der Waals surface area contributed by atoms with Gasteiger partial charge in [-0.3, -0.25) is 0 Å². The Labute approximate surface area is 151 Å². The number of rotatable bonds is 7. The summed E-state index contributed by atoms with van der Waals surface area (Å²) in [5, 5.41) is 9.20. The minimum atomic E-state index is -1.11. The summed E-state index contributed by atoms with van der Waals surface area (Å²) >= 11 is 3.52. The van der Waals surface area contributed by atoms with Crippen LogP contribution >= 0.6 is 15.9 Å². The Hall–Kier alpha value is -1.18. The minimum Gasteiger partial charge on any atom is -0.477 e. The number of carbonyl (C=O) groups is 1. The van der Waals surface area contributed by atoms with Gasteiger partial charge in [0.2, 0.25) is 0 Å². The molecule has 7 heteroatoms. The Morgan fingerprint density at radius 2 is 2.12 bits per heavy atom. The Kier molecular flexibility index (Phi) is 4.86. The number of hydrogen-bond donors (Lipinski definition) is 1. The maximum absolute atomic E-state index is 11.2. The standard InChI is InChI=1S/C17H23BrN2O3Si/c1-24(2,3)7-6-23-10-20-15(11-4-5-11)9-13-16(20)12(18)8-14(19-13)17(21)22/h8-9,11H,4-7,10H2,1-3H3,(H,21,22). The number of pyridine rings is 1. The van der Waals surface area contributed by atoms with Crippen molar-refractivity contribution < 1.29 is 14.6 Å². The molecule has 0 unspecified atom stereocenters. The number of aromatic nitrogens is 2. The molecule has 0 atom stereocenters. The fourth-order valence-corrected chi connectivity index (χ4v) is 4.13. The number of fused-ring (bicyclic) bond motifs is 1. The lowest BCUT2D eigenvalue weighted by atomic mass is 10.3. The maximum atomic E-state index is 11.2. The van der Waals surface area contributed by atoms with Crippen LogP contribution in [0.5, 0.6) is 0 Å². The molecule has 0 aliphatic heterocycles. The zero-order valence-corrected chi connectivity index (χ0v) is 16.9. The van der Waals surface area contributed by atoms with Crippen molar-refractivity contribution in [2.45, 2.75) is 51.2 Å². The van der Waals surface area contributed by atoms with Crippen molar-refractivity contribution in [1.29, 1.82) is 0 Å². The third kappa shape index (κ3) is 3.89. The van der Waals surface area contributed by atoms with Crippen LogP contribution in [-0.4, -0.2) is 35.3 Å². The Morgan fingerprint density at radius 3 is 2.71 bits per heavy atom. The molecule has 24 heavy (non-hydrogen) atoms. The minimum absolute atomic E-state index is 0.0634. The first-order valence-electron chi connectivity index (χ1n) is 8.27. The number of carboxylic acid groups (broad SMARTS) is 1. The van der Waals surface area contributed by atoms with E-state index in [-0.39, 0.29) is 5.69 Å². The van der Waals surface area contributed by atoms with Gasteiger partial charge in [0.25, 0.3) is 0 Å². The SMILES string of the molecule is C[Si](C)(C)CCOCn1c(C2CC2)cc2nc(C(=O)O)cc(Br)c21. The highest BCUT2D eigenvalue weighted by molar-refractivity contribution is 9.10. The highest BCUT2D eigenvalue weighted by Crippen LogP contribution is 2.43. The van der Waals surface area contributed by atoms with E-state index >= 15 is 0 Å². The average Bonchev–Trinajstić information content (AvgIpc) is 3.24. The van der Waals surface area contributed by atoms with Gasteiger partial charge in [0.05, 0.1) is 11.0 Å². The highest BCUT2D eigenvalue weighted by atomic mass is 79.9. The second-order valence-corrected chi connectivity index (χ2v) is 14.1. The van der Waals surface area contributed by atoms with Crippen LogP contribution in [0.4, 0.5) is 0 Å². The molecule has 2 aromatic heterocycles.